The van der Waals surface area contributed by atoms with Crippen molar-refractivity contribution in [1.82, 2.24) is 4.57 Å². The summed E-state index contributed by atoms with van der Waals surface area (Å²) < 4.78 is 8.40. The summed E-state index contributed by atoms with van der Waals surface area (Å²) in [5, 5.41) is 0. The number of benzene rings is 1. The van der Waals surface area contributed by atoms with Crippen molar-refractivity contribution >= 4 is 11.8 Å². The summed E-state index contributed by atoms with van der Waals surface area (Å²) in [7, 11) is 0. The standard InChI is InChI=1S/C18H23N2O3.Y/c1-4-23-18(22)12-20-9-8-19(13-20)11-16(21)10-17-14(2)6-5-7-15(17)3;/h5-9,13H,4,10-12H2,1-3H3;/q+1;. The number of Topliss-reactive ketones (excluding diaryl/α,β-unsaturated/α-hetero) is 1. The van der Waals surface area contributed by atoms with Gasteiger partial charge in [0.15, 0.2) is 12.3 Å². The molecule has 0 aliphatic heterocycles. The van der Waals surface area contributed by atoms with Crippen LogP contribution in [0.3, 0.4) is 0 Å². The number of nitrogens with zero attached hydrogens (tertiary/aromatic N) is 2. The molecule has 0 N–H and O–H groups in total. The Morgan fingerprint density at radius 1 is 1.21 bits per heavy atom. The molecule has 0 bridgehead atoms. The second-order valence-corrected chi connectivity index (χ2v) is 5.65. The molecule has 0 fully saturated rings. The molecule has 0 aliphatic carbocycles. The van der Waals surface area contributed by atoms with E-state index in [9.17, 15) is 9.59 Å². The van der Waals surface area contributed by atoms with E-state index in [1.165, 1.54) is 0 Å². The average molecular weight is 404 g/mol. The Kier molecular flexibility index (Phi) is 8.50. The van der Waals surface area contributed by atoms with E-state index in [-0.39, 0.29) is 51.0 Å². The third-order valence-electron chi connectivity index (χ3n) is 3.74. The van der Waals surface area contributed by atoms with Crippen LogP contribution in [0.1, 0.15) is 23.6 Å². The predicted molar refractivity (Wildman–Crippen MR) is 85.9 cm³/mol. The summed E-state index contributed by atoms with van der Waals surface area (Å²) in [6.45, 7) is 6.65. The number of aryl methyl sites for hydroxylation is 2. The van der Waals surface area contributed by atoms with E-state index < -0.39 is 0 Å². The molecule has 0 saturated carbocycles. The van der Waals surface area contributed by atoms with Crippen molar-refractivity contribution in [3.63, 3.8) is 0 Å². The number of aromatic nitrogens is 2. The van der Waals surface area contributed by atoms with Crippen LogP contribution >= 0.6 is 0 Å². The van der Waals surface area contributed by atoms with Gasteiger partial charge in [-0.2, -0.15) is 0 Å². The monoisotopic (exact) mass is 404 g/mol. The van der Waals surface area contributed by atoms with Crippen LogP contribution < -0.4 is 4.57 Å². The Hall–Kier alpha value is -1.33. The van der Waals surface area contributed by atoms with Gasteiger partial charge < -0.3 is 4.74 Å². The van der Waals surface area contributed by atoms with Crippen LogP contribution in [0.15, 0.2) is 36.9 Å². The Morgan fingerprint density at radius 3 is 2.50 bits per heavy atom. The Labute approximate surface area is 167 Å². The third-order valence-corrected chi connectivity index (χ3v) is 3.74. The molecular formula is C18H23N2O3Y+. The van der Waals surface area contributed by atoms with Gasteiger partial charge in [0.2, 0.25) is 6.33 Å². The number of hydrogen-bond donors (Lipinski definition) is 0. The van der Waals surface area contributed by atoms with Crippen LogP contribution in [-0.4, -0.2) is 22.9 Å². The molecule has 0 saturated heterocycles. The molecule has 0 amide bonds. The molecule has 1 aromatic heterocycles. The maximum Gasteiger partial charge on any atom is 0.348 e. The van der Waals surface area contributed by atoms with E-state index in [2.05, 4.69) is 0 Å². The molecule has 0 spiro atoms. The van der Waals surface area contributed by atoms with Crippen molar-refractivity contribution in [2.75, 3.05) is 6.61 Å². The number of carbonyl (C=O) groups is 2. The van der Waals surface area contributed by atoms with Crippen LogP contribution in [0.5, 0.6) is 0 Å². The summed E-state index contributed by atoms with van der Waals surface area (Å²) in [4.78, 5) is 23.7. The fourth-order valence-electron chi connectivity index (χ4n) is 2.57. The first kappa shape index (κ1) is 20.7. The van der Waals surface area contributed by atoms with Gasteiger partial charge in [-0.3, -0.25) is 4.79 Å². The average Bonchev–Trinajstić information content (AvgIpc) is 2.90. The molecule has 125 valence electrons. The number of imidazole rings is 1. The number of rotatable bonds is 7. The van der Waals surface area contributed by atoms with Gasteiger partial charge in [-0.25, -0.2) is 13.9 Å². The minimum atomic E-state index is -0.280. The zero-order valence-corrected chi connectivity index (χ0v) is 17.3. The maximum atomic E-state index is 12.3. The van der Waals surface area contributed by atoms with Crippen molar-refractivity contribution in [2.24, 2.45) is 0 Å². The second-order valence-electron chi connectivity index (χ2n) is 5.65. The molecule has 5 nitrogen and oxygen atoms in total. The smallest absolute Gasteiger partial charge is 0.348 e. The van der Waals surface area contributed by atoms with Crippen LogP contribution in [0, 0.1) is 13.8 Å². The predicted octanol–water partition coefficient (Wildman–Crippen LogP) is 1.76. The van der Waals surface area contributed by atoms with Crippen molar-refractivity contribution in [2.45, 2.75) is 40.3 Å². The van der Waals surface area contributed by atoms with Gasteiger partial charge in [0.1, 0.15) is 18.9 Å². The molecule has 0 aliphatic rings. The van der Waals surface area contributed by atoms with Crippen molar-refractivity contribution < 1.29 is 51.6 Å². The number of carbonyl (C=O) groups excluding carboxylic acids is 2. The largest absolute Gasteiger partial charge is 0.463 e. The van der Waals surface area contributed by atoms with Gasteiger partial charge in [0.25, 0.3) is 0 Å². The Bertz CT molecular complexity index is 690. The zero-order valence-electron chi connectivity index (χ0n) is 14.5. The number of ether oxygens (including phenoxy) is 1. The molecule has 6 heteroatoms. The van der Waals surface area contributed by atoms with Gasteiger partial charge in [0, 0.05) is 39.1 Å². The molecule has 24 heavy (non-hydrogen) atoms. The summed E-state index contributed by atoms with van der Waals surface area (Å²) in [6, 6.07) is 6.06. The van der Waals surface area contributed by atoms with Crippen molar-refractivity contribution in [3.05, 3.63) is 53.6 Å². The minimum absolute atomic E-state index is 0. The van der Waals surface area contributed by atoms with E-state index >= 15 is 0 Å². The van der Waals surface area contributed by atoms with E-state index in [1.54, 1.807) is 34.8 Å². The van der Waals surface area contributed by atoms with Crippen LogP contribution in [0.25, 0.3) is 0 Å². The number of esters is 1. The molecule has 1 radical (unpaired) electrons. The topological polar surface area (TPSA) is 52.2 Å². The SMILES string of the molecule is CCOC(=O)Cn1cc[n+](CC(=O)Cc2c(C)cccc2C)c1.[Y]. The minimum Gasteiger partial charge on any atom is -0.463 e. The third kappa shape index (κ3) is 5.95. The van der Waals surface area contributed by atoms with Gasteiger partial charge in [0.05, 0.1) is 6.61 Å². The molecule has 2 aromatic rings. The summed E-state index contributed by atoms with van der Waals surface area (Å²) in [5.74, 6) is -0.140. The number of hydrogen-bond acceptors (Lipinski definition) is 3. The van der Waals surface area contributed by atoms with Crippen molar-refractivity contribution in [3.8, 4) is 0 Å². The van der Waals surface area contributed by atoms with Gasteiger partial charge >= 0.3 is 5.97 Å². The van der Waals surface area contributed by atoms with Gasteiger partial charge in [-0.05, 0) is 37.5 Å². The first-order valence-corrected chi connectivity index (χ1v) is 7.76. The van der Waals surface area contributed by atoms with E-state index in [0.717, 1.165) is 16.7 Å². The van der Waals surface area contributed by atoms with E-state index in [1.807, 2.05) is 32.0 Å². The molecule has 0 atom stereocenters. The van der Waals surface area contributed by atoms with Gasteiger partial charge in [-0.1, -0.05) is 18.2 Å². The Morgan fingerprint density at radius 2 is 1.88 bits per heavy atom. The summed E-state index contributed by atoms with van der Waals surface area (Å²) in [6.07, 6.45) is 5.74. The molecule has 1 aromatic carbocycles. The molecule has 2 rings (SSSR count). The van der Waals surface area contributed by atoms with E-state index in [0.29, 0.717) is 19.6 Å². The fourth-order valence-corrected chi connectivity index (χ4v) is 2.57. The quantitative estimate of drug-likeness (QED) is 0.522. The zero-order chi connectivity index (χ0) is 16.8. The second kappa shape index (κ2) is 9.85. The maximum absolute atomic E-state index is 12.3. The van der Waals surface area contributed by atoms with E-state index in [4.69, 9.17) is 4.74 Å². The molecular weight excluding hydrogens is 381 g/mol. The fraction of sp³-hybridized carbons (Fsp3) is 0.389. The molecule has 0 unspecified atom stereocenters. The summed E-state index contributed by atoms with van der Waals surface area (Å²) in [5.41, 5.74) is 3.38. The van der Waals surface area contributed by atoms with Crippen LogP contribution in [-0.2, 0) is 66.5 Å². The normalized spacial score (nSPS) is 10.1. The number of ketones is 1. The summed E-state index contributed by atoms with van der Waals surface area (Å²) >= 11 is 0. The van der Waals surface area contributed by atoms with Crippen LogP contribution in [0.2, 0.25) is 0 Å². The Balaban J connectivity index is 0.00000288. The van der Waals surface area contributed by atoms with Crippen LogP contribution in [0.4, 0.5) is 0 Å². The van der Waals surface area contributed by atoms with Crippen molar-refractivity contribution in [1.29, 1.82) is 0 Å². The van der Waals surface area contributed by atoms with Gasteiger partial charge in [-0.15, -0.1) is 0 Å². The first-order valence-electron chi connectivity index (χ1n) is 7.76. The first-order chi connectivity index (χ1) is 11.0. The molecule has 1 heterocycles.